The zero-order valence-corrected chi connectivity index (χ0v) is 9.91. The van der Waals surface area contributed by atoms with E-state index in [-0.39, 0.29) is 6.61 Å². The number of ether oxygens (including phenoxy) is 1. The van der Waals surface area contributed by atoms with Crippen molar-refractivity contribution in [1.29, 1.82) is 0 Å². The lowest BCUT2D eigenvalue weighted by Crippen LogP contribution is -2.42. The highest BCUT2D eigenvalue weighted by atomic mass is 19.2. The van der Waals surface area contributed by atoms with Crippen LogP contribution in [0.3, 0.4) is 0 Å². The molecule has 0 amide bonds. The quantitative estimate of drug-likeness (QED) is 0.525. The summed E-state index contributed by atoms with van der Waals surface area (Å²) in [5.74, 6) is -11.5. The molecule has 0 atom stereocenters. The molecule has 1 fully saturated rings. The molecule has 1 aromatic rings. The molecule has 1 saturated carbocycles. The Labute approximate surface area is 106 Å². The van der Waals surface area contributed by atoms with Crippen molar-refractivity contribution < 1.29 is 26.7 Å². The zero-order valence-electron chi connectivity index (χ0n) is 9.91. The Morgan fingerprint density at radius 3 is 1.74 bits per heavy atom. The van der Waals surface area contributed by atoms with Crippen LogP contribution in [-0.4, -0.2) is 12.1 Å². The van der Waals surface area contributed by atoms with Crippen molar-refractivity contribution in [2.24, 2.45) is 5.73 Å². The predicted octanol–water partition coefficient (Wildman–Crippen LogP) is 3.03. The van der Waals surface area contributed by atoms with Crippen molar-refractivity contribution >= 4 is 0 Å². The largest absolute Gasteiger partial charge is 0.486 e. The highest BCUT2D eigenvalue weighted by molar-refractivity contribution is 5.29. The van der Waals surface area contributed by atoms with E-state index in [1.165, 1.54) is 0 Å². The van der Waals surface area contributed by atoms with Crippen molar-refractivity contribution in [2.75, 3.05) is 6.61 Å². The second-order valence-corrected chi connectivity index (χ2v) is 4.76. The van der Waals surface area contributed by atoms with Gasteiger partial charge >= 0.3 is 0 Å². The molecule has 2 nitrogen and oxygen atoms in total. The average Bonchev–Trinajstić information content (AvgIpc) is 2.81. The summed E-state index contributed by atoms with van der Waals surface area (Å²) in [6, 6.07) is 0. The molecule has 0 unspecified atom stereocenters. The number of halogens is 5. The summed E-state index contributed by atoms with van der Waals surface area (Å²) < 4.78 is 70.0. The van der Waals surface area contributed by atoms with Gasteiger partial charge in [-0.15, -0.1) is 0 Å². The first-order chi connectivity index (χ1) is 8.86. The lowest BCUT2D eigenvalue weighted by molar-refractivity contribution is 0.196. The molecule has 0 radical (unpaired) electrons. The van der Waals surface area contributed by atoms with Crippen LogP contribution in [0.2, 0.25) is 0 Å². The van der Waals surface area contributed by atoms with E-state index < -0.39 is 40.4 Å². The molecular weight excluding hydrogens is 269 g/mol. The van der Waals surface area contributed by atoms with Crippen molar-refractivity contribution in [1.82, 2.24) is 0 Å². The summed E-state index contributed by atoms with van der Waals surface area (Å²) >= 11 is 0. The first-order valence-corrected chi connectivity index (χ1v) is 5.79. The maximum absolute atomic E-state index is 13.3. The maximum Gasteiger partial charge on any atom is 0.206 e. The molecule has 0 heterocycles. The Kier molecular flexibility index (Phi) is 3.66. The molecule has 19 heavy (non-hydrogen) atoms. The molecule has 0 aromatic heterocycles. The topological polar surface area (TPSA) is 35.2 Å². The SMILES string of the molecule is NC1(COc2c(F)c(F)c(F)c(F)c2F)CCCC1. The summed E-state index contributed by atoms with van der Waals surface area (Å²) in [5.41, 5.74) is 5.10. The van der Waals surface area contributed by atoms with Crippen molar-refractivity contribution in [3.8, 4) is 5.75 Å². The fourth-order valence-corrected chi connectivity index (χ4v) is 2.15. The molecule has 1 aliphatic carbocycles. The molecule has 2 rings (SSSR count). The monoisotopic (exact) mass is 281 g/mol. The van der Waals surface area contributed by atoms with Gasteiger partial charge in [0.15, 0.2) is 5.75 Å². The minimum absolute atomic E-state index is 0.286. The van der Waals surface area contributed by atoms with E-state index in [0.29, 0.717) is 12.8 Å². The summed E-state index contributed by atoms with van der Waals surface area (Å²) in [5, 5.41) is 0. The first-order valence-electron chi connectivity index (χ1n) is 5.79. The third-order valence-electron chi connectivity index (χ3n) is 3.27. The van der Waals surface area contributed by atoms with Crippen LogP contribution in [0.15, 0.2) is 0 Å². The molecule has 0 aliphatic heterocycles. The number of nitrogens with two attached hydrogens (primary N) is 1. The molecule has 0 spiro atoms. The van der Waals surface area contributed by atoms with Gasteiger partial charge in [-0.25, -0.2) is 13.2 Å². The molecule has 106 valence electrons. The van der Waals surface area contributed by atoms with E-state index in [2.05, 4.69) is 0 Å². The van der Waals surface area contributed by atoms with Crippen LogP contribution in [0.1, 0.15) is 25.7 Å². The number of rotatable bonds is 3. The molecule has 0 bridgehead atoms. The van der Waals surface area contributed by atoms with E-state index in [0.717, 1.165) is 12.8 Å². The lowest BCUT2D eigenvalue weighted by atomic mass is 10.0. The van der Waals surface area contributed by atoms with Crippen molar-refractivity contribution in [3.63, 3.8) is 0 Å². The Bertz CT molecular complexity index is 470. The average molecular weight is 281 g/mol. The van der Waals surface area contributed by atoms with E-state index in [4.69, 9.17) is 10.5 Å². The Morgan fingerprint density at radius 2 is 1.26 bits per heavy atom. The van der Waals surface area contributed by atoms with Gasteiger partial charge in [0.2, 0.25) is 29.1 Å². The smallest absolute Gasteiger partial charge is 0.206 e. The first kappa shape index (κ1) is 14.0. The van der Waals surface area contributed by atoms with Gasteiger partial charge in [0.25, 0.3) is 0 Å². The van der Waals surface area contributed by atoms with Gasteiger partial charge in [0.05, 0.1) is 5.54 Å². The minimum atomic E-state index is -2.20. The lowest BCUT2D eigenvalue weighted by Gasteiger charge is -2.23. The van der Waals surface area contributed by atoms with Gasteiger partial charge in [-0.05, 0) is 12.8 Å². The van der Waals surface area contributed by atoms with Gasteiger partial charge in [0, 0.05) is 0 Å². The second kappa shape index (κ2) is 4.96. The minimum Gasteiger partial charge on any atom is -0.486 e. The van der Waals surface area contributed by atoms with Crippen LogP contribution >= 0.6 is 0 Å². The van der Waals surface area contributed by atoms with E-state index in [9.17, 15) is 22.0 Å². The molecule has 0 saturated heterocycles. The van der Waals surface area contributed by atoms with E-state index >= 15 is 0 Å². The Morgan fingerprint density at radius 1 is 0.842 bits per heavy atom. The standard InChI is InChI=1S/C12H12F5NO/c13-6-7(14)9(16)11(10(17)8(6)15)19-5-12(18)3-1-2-4-12/h1-5,18H2. The second-order valence-electron chi connectivity index (χ2n) is 4.76. The highest BCUT2D eigenvalue weighted by Crippen LogP contribution is 2.32. The Balaban J connectivity index is 2.25. The van der Waals surface area contributed by atoms with Crippen LogP contribution in [0.25, 0.3) is 0 Å². The fourth-order valence-electron chi connectivity index (χ4n) is 2.15. The predicted molar refractivity (Wildman–Crippen MR) is 57.1 cm³/mol. The number of hydrogen-bond acceptors (Lipinski definition) is 2. The third-order valence-corrected chi connectivity index (χ3v) is 3.27. The van der Waals surface area contributed by atoms with Gasteiger partial charge in [-0.2, -0.15) is 8.78 Å². The molecular formula is C12H12F5NO. The van der Waals surface area contributed by atoms with Crippen LogP contribution < -0.4 is 10.5 Å². The van der Waals surface area contributed by atoms with Gasteiger partial charge in [-0.3, -0.25) is 0 Å². The van der Waals surface area contributed by atoms with Crippen molar-refractivity contribution in [2.45, 2.75) is 31.2 Å². The number of hydrogen-bond donors (Lipinski definition) is 1. The van der Waals surface area contributed by atoms with Crippen LogP contribution in [0.4, 0.5) is 22.0 Å². The van der Waals surface area contributed by atoms with Crippen LogP contribution in [-0.2, 0) is 0 Å². The third kappa shape index (κ3) is 2.51. The van der Waals surface area contributed by atoms with Crippen LogP contribution in [0, 0.1) is 29.1 Å². The van der Waals surface area contributed by atoms with Crippen molar-refractivity contribution in [3.05, 3.63) is 29.1 Å². The fraction of sp³-hybridized carbons (Fsp3) is 0.500. The van der Waals surface area contributed by atoms with E-state index in [1.807, 2.05) is 0 Å². The van der Waals surface area contributed by atoms with E-state index in [1.54, 1.807) is 0 Å². The molecule has 2 N–H and O–H groups in total. The summed E-state index contributed by atoms with van der Waals surface area (Å²) in [7, 11) is 0. The normalized spacial score (nSPS) is 17.8. The molecule has 1 aliphatic rings. The highest BCUT2D eigenvalue weighted by Gasteiger charge is 2.33. The summed E-state index contributed by atoms with van der Waals surface area (Å²) in [6.45, 7) is -0.286. The maximum atomic E-state index is 13.3. The molecule has 1 aromatic carbocycles. The molecule has 7 heteroatoms. The summed E-state index contributed by atoms with van der Waals surface area (Å²) in [6.07, 6.45) is 2.86. The van der Waals surface area contributed by atoms with Gasteiger partial charge in [0.1, 0.15) is 6.61 Å². The van der Waals surface area contributed by atoms with Gasteiger partial charge in [-0.1, -0.05) is 12.8 Å². The van der Waals surface area contributed by atoms with Crippen LogP contribution in [0.5, 0.6) is 5.75 Å². The van der Waals surface area contributed by atoms with Gasteiger partial charge < -0.3 is 10.5 Å². The zero-order chi connectivity index (χ0) is 14.2. The number of benzene rings is 1. The summed E-state index contributed by atoms with van der Waals surface area (Å²) in [4.78, 5) is 0. The Hall–Kier alpha value is -1.37.